The minimum Gasteiger partial charge on any atom is -0.294 e. The van der Waals surface area contributed by atoms with Crippen molar-refractivity contribution in [1.82, 2.24) is 0 Å². The van der Waals surface area contributed by atoms with Crippen LogP contribution in [0, 0.1) is 25.6 Å². The summed E-state index contributed by atoms with van der Waals surface area (Å²) in [7, 11) is 0. The minimum absolute atomic E-state index is 0.0903. The van der Waals surface area contributed by atoms with Crippen molar-refractivity contribution >= 4 is 5.78 Å². The second-order valence-corrected chi connectivity index (χ2v) is 4.11. The minimum atomic E-state index is -0.391. The van der Waals surface area contributed by atoms with E-state index in [0.717, 1.165) is 17.5 Å². The fraction of sp³-hybridized carbons (Fsp3) is 0.462. The van der Waals surface area contributed by atoms with E-state index in [0.29, 0.717) is 0 Å². The van der Waals surface area contributed by atoms with E-state index in [1.54, 1.807) is 6.92 Å². The molecule has 1 aromatic rings. The zero-order chi connectivity index (χ0) is 11.6. The third-order valence-corrected chi connectivity index (χ3v) is 2.74. The Kier molecular flexibility index (Phi) is 3.61. The molecule has 15 heavy (non-hydrogen) atoms. The summed E-state index contributed by atoms with van der Waals surface area (Å²) in [5, 5.41) is 0. The summed E-state index contributed by atoms with van der Waals surface area (Å²) in [4.78, 5) is 11.9. The lowest BCUT2D eigenvalue weighted by Crippen LogP contribution is -2.14. The summed E-state index contributed by atoms with van der Waals surface area (Å²) in [6.45, 7) is 7.38. The first-order valence-electron chi connectivity index (χ1n) is 5.28. The van der Waals surface area contributed by atoms with Gasteiger partial charge in [0.15, 0.2) is 5.78 Å². The normalized spacial score (nSPS) is 12.6. The number of hydrogen-bond acceptors (Lipinski definition) is 1. The predicted molar refractivity (Wildman–Crippen MR) is 59.7 cm³/mol. The number of hydrogen-bond donors (Lipinski definition) is 0. The maximum Gasteiger partial charge on any atom is 0.168 e. The Morgan fingerprint density at radius 1 is 1.40 bits per heavy atom. The van der Waals surface area contributed by atoms with Crippen LogP contribution in [-0.4, -0.2) is 5.78 Å². The molecule has 0 spiro atoms. The first-order valence-corrected chi connectivity index (χ1v) is 5.28. The van der Waals surface area contributed by atoms with E-state index in [1.165, 1.54) is 6.07 Å². The molecule has 0 N–H and O–H groups in total. The second-order valence-electron chi connectivity index (χ2n) is 4.11. The van der Waals surface area contributed by atoms with Crippen LogP contribution in [-0.2, 0) is 0 Å². The molecule has 82 valence electrons. The number of rotatable bonds is 3. The van der Waals surface area contributed by atoms with Gasteiger partial charge in [0, 0.05) is 5.92 Å². The average molecular weight is 208 g/mol. The molecule has 0 aliphatic carbocycles. The summed E-state index contributed by atoms with van der Waals surface area (Å²) in [6.07, 6.45) is 0.742. The number of ketones is 1. The van der Waals surface area contributed by atoms with Gasteiger partial charge in [-0.25, -0.2) is 4.39 Å². The van der Waals surface area contributed by atoms with Crippen LogP contribution < -0.4 is 0 Å². The highest BCUT2D eigenvalue weighted by Crippen LogP contribution is 2.20. The number of carbonyl (C=O) groups excluding carboxylic acids is 1. The first kappa shape index (κ1) is 11.9. The Morgan fingerprint density at radius 2 is 2.00 bits per heavy atom. The lowest BCUT2D eigenvalue weighted by Gasteiger charge is -2.11. The molecule has 0 aliphatic rings. The number of benzene rings is 1. The lowest BCUT2D eigenvalue weighted by molar-refractivity contribution is 0.0922. The quantitative estimate of drug-likeness (QED) is 0.693. The molecule has 1 nitrogen and oxygen atoms in total. The van der Waals surface area contributed by atoms with Crippen molar-refractivity contribution in [3.05, 3.63) is 34.6 Å². The fourth-order valence-corrected chi connectivity index (χ4v) is 1.66. The molecular formula is C13H17FO. The zero-order valence-electron chi connectivity index (χ0n) is 9.73. The van der Waals surface area contributed by atoms with Crippen molar-refractivity contribution < 1.29 is 9.18 Å². The van der Waals surface area contributed by atoms with Gasteiger partial charge in [0.05, 0.1) is 5.56 Å². The molecule has 0 amide bonds. The molecule has 1 unspecified atom stereocenters. The predicted octanol–water partition coefficient (Wildman–Crippen LogP) is 3.67. The van der Waals surface area contributed by atoms with E-state index in [2.05, 4.69) is 0 Å². The van der Waals surface area contributed by atoms with Crippen LogP contribution in [0.15, 0.2) is 12.1 Å². The third-order valence-electron chi connectivity index (χ3n) is 2.74. The Balaban J connectivity index is 3.20. The molecule has 1 aromatic carbocycles. The summed E-state index contributed by atoms with van der Waals surface area (Å²) >= 11 is 0. The molecule has 1 atom stereocenters. The number of halogens is 1. The van der Waals surface area contributed by atoms with Gasteiger partial charge < -0.3 is 0 Å². The van der Waals surface area contributed by atoms with Gasteiger partial charge in [0.1, 0.15) is 5.82 Å². The van der Waals surface area contributed by atoms with E-state index >= 15 is 0 Å². The van der Waals surface area contributed by atoms with Crippen molar-refractivity contribution in [3.63, 3.8) is 0 Å². The highest BCUT2D eigenvalue weighted by molar-refractivity contribution is 5.99. The monoisotopic (exact) mass is 208 g/mol. The van der Waals surface area contributed by atoms with Gasteiger partial charge in [-0.2, -0.15) is 0 Å². The van der Waals surface area contributed by atoms with Crippen LogP contribution in [0.25, 0.3) is 0 Å². The highest BCUT2D eigenvalue weighted by atomic mass is 19.1. The van der Waals surface area contributed by atoms with Gasteiger partial charge in [-0.05, 0) is 37.5 Å². The fourth-order valence-electron chi connectivity index (χ4n) is 1.66. The summed E-state index contributed by atoms with van der Waals surface area (Å²) < 4.78 is 13.6. The SMILES string of the molecule is CCC(C)C(=O)c1c(C)cc(C)cc1F. The smallest absolute Gasteiger partial charge is 0.168 e. The van der Waals surface area contributed by atoms with Gasteiger partial charge in [-0.3, -0.25) is 4.79 Å². The standard InChI is InChI=1S/C13H17FO/c1-5-9(3)13(15)12-10(4)6-8(2)7-11(12)14/h6-7,9H,5H2,1-4H3. The molecular weight excluding hydrogens is 191 g/mol. The lowest BCUT2D eigenvalue weighted by atomic mass is 9.93. The Bertz CT molecular complexity index is 359. The topological polar surface area (TPSA) is 17.1 Å². The molecule has 0 aliphatic heterocycles. The average Bonchev–Trinajstić information content (AvgIpc) is 2.14. The van der Waals surface area contributed by atoms with Crippen LogP contribution in [0.4, 0.5) is 4.39 Å². The van der Waals surface area contributed by atoms with Crippen molar-refractivity contribution in [2.24, 2.45) is 5.92 Å². The van der Waals surface area contributed by atoms with E-state index < -0.39 is 5.82 Å². The van der Waals surface area contributed by atoms with Gasteiger partial charge in [-0.1, -0.05) is 19.9 Å². The van der Waals surface area contributed by atoms with Crippen molar-refractivity contribution in [2.75, 3.05) is 0 Å². The van der Waals surface area contributed by atoms with E-state index in [-0.39, 0.29) is 17.3 Å². The van der Waals surface area contributed by atoms with Gasteiger partial charge in [0.25, 0.3) is 0 Å². The molecule has 0 aromatic heterocycles. The van der Waals surface area contributed by atoms with Gasteiger partial charge in [-0.15, -0.1) is 0 Å². The van der Waals surface area contributed by atoms with Crippen LogP contribution >= 0.6 is 0 Å². The van der Waals surface area contributed by atoms with Crippen LogP contribution in [0.2, 0.25) is 0 Å². The molecule has 0 bridgehead atoms. The Labute approximate surface area is 90.3 Å². The van der Waals surface area contributed by atoms with Gasteiger partial charge >= 0.3 is 0 Å². The van der Waals surface area contributed by atoms with Crippen molar-refractivity contribution in [3.8, 4) is 0 Å². The van der Waals surface area contributed by atoms with Crippen molar-refractivity contribution in [2.45, 2.75) is 34.1 Å². The molecule has 0 saturated heterocycles. The van der Waals surface area contributed by atoms with E-state index in [4.69, 9.17) is 0 Å². The maximum absolute atomic E-state index is 13.6. The first-order chi connectivity index (χ1) is 6.97. The molecule has 0 heterocycles. The zero-order valence-corrected chi connectivity index (χ0v) is 9.73. The van der Waals surface area contributed by atoms with Crippen LogP contribution in [0.5, 0.6) is 0 Å². The van der Waals surface area contributed by atoms with E-state index in [1.807, 2.05) is 26.8 Å². The Hall–Kier alpha value is -1.18. The molecule has 0 radical (unpaired) electrons. The number of carbonyl (C=O) groups is 1. The summed E-state index contributed by atoms with van der Waals surface area (Å²) in [6, 6.07) is 3.27. The van der Waals surface area contributed by atoms with Crippen molar-refractivity contribution in [1.29, 1.82) is 0 Å². The largest absolute Gasteiger partial charge is 0.294 e. The number of Topliss-reactive ketones (excluding diaryl/α,β-unsaturated/α-hetero) is 1. The molecule has 0 saturated carbocycles. The maximum atomic E-state index is 13.6. The van der Waals surface area contributed by atoms with Crippen LogP contribution in [0.3, 0.4) is 0 Å². The number of aryl methyl sites for hydroxylation is 2. The molecule has 2 heteroatoms. The Morgan fingerprint density at radius 3 is 2.47 bits per heavy atom. The van der Waals surface area contributed by atoms with Gasteiger partial charge in [0.2, 0.25) is 0 Å². The summed E-state index contributed by atoms with van der Waals surface area (Å²) in [5.41, 5.74) is 1.85. The third kappa shape index (κ3) is 2.44. The highest BCUT2D eigenvalue weighted by Gasteiger charge is 2.19. The van der Waals surface area contributed by atoms with Crippen LogP contribution in [0.1, 0.15) is 41.8 Å². The molecule has 1 rings (SSSR count). The van der Waals surface area contributed by atoms with E-state index in [9.17, 15) is 9.18 Å². The molecule has 0 fully saturated rings. The second kappa shape index (κ2) is 4.56. The summed E-state index contributed by atoms with van der Waals surface area (Å²) in [5.74, 6) is -0.591.